The Labute approximate surface area is 123 Å². The third kappa shape index (κ3) is 2.63. The first-order chi connectivity index (χ1) is 10.2. The zero-order chi connectivity index (χ0) is 14.8. The molecule has 5 nitrogen and oxygen atoms in total. The minimum absolute atomic E-state index is 0.366. The number of rotatable bonds is 4. The molecule has 3 rings (SSSR count). The maximum atomic E-state index is 11.1. The first-order valence-corrected chi connectivity index (χ1v) is 7.30. The van der Waals surface area contributed by atoms with Crippen LogP contribution in [0.15, 0.2) is 30.6 Å². The van der Waals surface area contributed by atoms with E-state index in [1.165, 1.54) is 0 Å². The highest BCUT2D eigenvalue weighted by molar-refractivity contribution is 5.88. The van der Waals surface area contributed by atoms with Gasteiger partial charge in [0.2, 0.25) is 0 Å². The Bertz CT molecular complexity index is 663. The topological polar surface area (TPSA) is 58.4 Å². The molecule has 0 radical (unpaired) electrons. The predicted octanol–water partition coefficient (Wildman–Crippen LogP) is 2.55. The maximum Gasteiger partial charge on any atom is 0.335 e. The van der Waals surface area contributed by atoms with Gasteiger partial charge in [0.15, 0.2) is 0 Å². The zero-order valence-corrected chi connectivity index (χ0v) is 12.1. The Balaban J connectivity index is 1.88. The lowest BCUT2D eigenvalue weighted by Gasteiger charge is -2.31. The second-order valence-corrected chi connectivity index (χ2v) is 5.30. The summed E-state index contributed by atoms with van der Waals surface area (Å²) in [7, 11) is 0. The average molecular weight is 285 g/mol. The van der Waals surface area contributed by atoms with Gasteiger partial charge in [0.25, 0.3) is 0 Å². The van der Waals surface area contributed by atoms with Crippen molar-refractivity contribution in [1.29, 1.82) is 0 Å². The van der Waals surface area contributed by atoms with Gasteiger partial charge >= 0.3 is 5.97 Å². The van der Waals surface area contributed by atoms with Crippen molar-refractivity contribution in [3.8, 4) is 0 Å². The number of aryl methyl sites for hydroxylation is 2. The number of carboxylic acids is 1. The van der Waals surface area contributed by atoms with E-state index >= 15 is 0 Å². The van der Waals surface area contributed by atoms with Crippen LogP contribution in [0.1, 0.15) is 35.1 Å². The van der Waals surface area contributed by atoms with Crippen LogP contribution in [0.2, 0.25) is 0 Å². The fourth-order valence-electron chi connectivity index (χ4n) is 2.92. The van der Waals surface area contributed by atoms with Crippen molar-refractivity contribution in [2.24, 2.45) is 0 Å². The molecule has 0 aliphatic carbocycles. The van der Waals surface area contributed by atoms with Crippen LogP contribution < -0.4 is 4.90 Å². The third-order valence-electron chi connectivity index (χ3n) is 4.02. The van der Waals surface area contributed by atoms with E-state index in [-0.39, 0.29) is 0 Å². The lowest BCUT2D eigenvalue weighted by Crippen LogP contribution is -2.30. The number of fused-ring (bicyclic) bond motifs is 1. The SMILES string of the molecule is CCn1ccnc1CN1CCCc2cc(C(=O)O)ccc21. The molecule has 0 spiro atoms. The summed E-state index contributed by atoms with van der Waals surface area (Å²) in [5, 5.41) is 9.10. The third-order valence-corrected chi connectivity index (χ3v) is 4.02. The lowest BCUT2D eigenvalue weighted by molar-refractivity contribution is 0.0697. The van der Waals surface area contributed by atoms with Gasteiger partial charge in [0.1, 0.15) is 5.82 Å². The Morgan fingerprint density at radius 2 is 2.29 bits per heavy atom. The number of aromatic carboxylic acids is 1. The van der Waals surface area contributed by atoms with Crippen LogP contribution in [-0.4, -0.2) is 27.2 Å². The molecule has 5 heteroatoms. The maximum absolute atomic E-state index is 11.1. The molecule has 2 aromatic rings. The van der Waals surface area contributed by atoms with Crippen LogP contribution in [0.4, 0.5) is 5.69 Å². The summed E-state index contributed by atoms with van der Waals surface area (Å²) in [6.07, 6.45) is 5.81. The van der Waals surface area contributed by atoms with E-state index in [2.05, 4.69) is 21.4 Å². The van der Waals surface area contributed by atoms with Crippen LogP contribution in [-0.2, 0) is 19.5 Å². The Hall–Kier alpha value is -2.30. The summed E-state index contributed by atoms with van der Waals surface area (Å²) in [5.41, 5.74) is 2.62. The first kappa shape index (κ1) is 13.7. The number of imidazole rings is 1. The van der Waals surface area contributed by atoms with Gasteiger partial charge in [-0.1, -0.05) is 0 Å². The number of benzene rings is 1. The summed E-state index contributed by atoms with van der Waals surface area (Å²) < 4.78 is 2.14. The summed E-state index contributed by atoms with van der Waals surface area (Å²) in [4.78, 5) is 17.8. The van der Waals surface area contributed by atoms with Crippen molar-refractivity contribution in [1.82, 2.24) is 9.55 Å². The Kier molecular flexibility index (Phi) is 3.64. The molecule has 1 aliphatic heterocycles. The van der Waals surface area contributed by atoms with Crippen molar-refractivity contribution in [3.63, 3.8) is 0 Å². The van der Waals surface area contributed by atoms with E-state index in [0.717, 1.165) is 49.6 Å². The molecule has 0 saturated carbocycles. The molecule has 1 N–H and O–H groups in total. The number of carbonyl (C=O) groups is 1. The number of aromatic nitrogens is 2. The monoisotopic (exact) mass is 285 g/mol. The van der Waals surface area contributed by atoms with Crippen LogP contribution in [0.5, 0.6) is 0 Å². The van der Waals surface area contributed by atoms with Gasteiger partial charge in [-0.05, 0) is 43.5 Å². The van der Waals surface area contributed by atoms with Crippen LogP contribution in [0.3, 0.4) is 0 Å². The fourth-order valence-corrected chi connectivity index (χ4v) is 2.92. The van der Waals surface area contributed by atoms with Crippen molar-refractivity contribution in [2.75, 3.05) is 11.4 Å². The molecule has 0 atom stereocenters. The first-order valence-electron chi connectivity index (χ1n) is 7.30. The van der Waals surface area contributed by atoms with Gasteiger partial charge in [-0.15, -0.1) is 0 Å². The molecule has 1 aromatic heterocycles. The molecular weight excluding hydrogens is 266 g/mol. The molecule has 0 amide bonds. The van der Waals surface area contributed by atoms with E-state index in [4.69, 9.17) is 5.11 Å². The summed E-state index contributed by atoms with van der Waals surface area (Å²) in [6.45, 7) is 4.76. The largest absolute Gasteiger partial charge is 0.478 e. The number of hydrogen-bond acceptors (Lipinski definition) is 3. The molecule has 21 heavy (non-hydrogen) atoms. The van der Waals surface area contributed by atoms with Crippen LogP contribution >= 0.6 is 0 Å². The van der Waals surface area contributed by atoms with Crippen molar-refractivity contribution in [3.05, 3.63) is 47.5 Å². The number of hydrogen-bond donors (Lipinski definition) is 1. The van der Waals surface area contributed by atoms with Crippen molar-refractivity contribution in [2.45, 2.75) is 32.9 Å². The minimum atomic E-state index is -0.864. The van der Waals surface area contributed by atoms with Gasteiger partial charge in [-0.2, -0.15) is 0 Å². The lowest BCUT2D eigenvalue weighted by atomic mass is 9.99. The van der Waals surface area contributed by atoms with Crippen molar-refractivity contribution < 1.29 is 9.90 Å². The summed E-state index contributed by atoms with van der Waals surface area (Å²) in [6, 6.07) is 5.42. The van der Waals surface area contributed by atoms with E-state index in [1.54, 1.807) is 12.1 Å². The Morgan fingerprint density at radius 3 is 3.05 bits per heavy atom. The van der Waals surface area contributed by atoms with Crippen LogP contribution in [0.25, 0.3) is 0 Å². The van der Waals surface area contributed by atoms with Gasteiger partial charge in [0, 0.05) is 31.2 Å². The molecule has 0 unspecified atom stereocenters. The quantitative estimate of drug-likeness (QED) is 0.938. The molecule has 110 valence electrons. The van der Waals surface area contributed by atoms with E-state index in [1.807, 2.05) is 18.5 Å². The smallest absolute Gasteiger partial charge is 0.335 e. The van der Waals surface area contributed by atoms with E-state index in [0.29, 0.717) is 5.56 Å². The highest BCUT2D eigenvalue weighted by Crippen LogP contribution is 2.29. The average Bonchev–Trinajstić information content (AvgIpc) is 2.94. The Morgan fingerprint density at radius 1 is 1.43 bits per heavy atom. The standard InChI is InChI=1S/C16H19N3O2/c1-2-18-9-7-17-15(18)11-19-8-3-4-12-10-13(16(20)21)5-6-14(12)19/h5-7,9-10H,2-4,8,11H2,1H3,(H,20,21). The van der Waals surface area contributed by atoms with Crippen molar-refractivity contribution >= 4 is 11.7 Å². The van der Waals surface area contributed by atoms with E-state index in [9.17, 15) is 4.79 Å². The molecule has 0 bridgehead atoms. The molecule has 0 fully saturated rings. The van der Waals surface area contributed by atoms with Crippen LogP contribution in [0, 0.1) is 0 Å². The zero-order valence-electron chi connectivity index (χ0n) is 12.1. The number of carboxylic acid groups (broad SMARTS) is 1. The molecule has 0 saturated heterocycles. The molecule has 1 aromatic carbocycles. The minimum Gasteiger partial charge on any atom is -0.478 e. The molecule has 2 heterocycles. The normalized spacial score (nSPS) is 14.0. The van der Waals surface area contributed by atoms with Gasteiger partial charge in [0.05, 0.1) is 12.1 Å². The highest BCUT2D eigenvalue weighted by Gasteiger charge is 2.19. The molecule has 1 aliphatic rings. The van der Waals surface area contributed by atoms with E-state index < -0.39 is 5.97 Å². The number of nitrogens with zero attached hydrogens (tertiary/aromatic N) is 3. The summed E-state index contributed by atoms with van der Waals surface area (Å²) in [5.74, 6) is 0.184. The molecular formula is C16H19N3O2. The van der Waals surface area contributed by atoms with Gasteiger partial charge in [-0.25, -0.2) is 9.78 Å². The predicted molar refractivity (Wildman–Crippen MR) is 80.7 cm³/mol. The number of anilines is 1. The van der Waals surface area contributed by atoms with Gasteiger partial charge < -0.3 is 14.6 Å². The summed E-state index contributed by atoms with van der Waals surface area (Å²) >= 11 is 0. The fraction of sp³-hybridized carbons (Fsp3) is 0.375. The second kappa shape index (κ2) is 5.60. The van der Waals surface area contributed by atoms with Gasteiger partial charge in [-0.3, -0.25) is 0 Å². The second-order valence-electron chi connectivity index (χ2n) is 5.30. The highest BCUT2D eigenvalue weighted by atomic mass is 16.4.